The van der Waals surface area contributed by atoms with E-state index in [2.05, 4.69) is 16.5 Å². The van der Waals surface area contributed by atoms with E-state index < -0.39 is 0 Å². The van der Waals surface area contributed by atoms with Crippen LogP contribution in [0.2, 0.25) is 0 Å². The van der Waals surface area contributed by atoms with Gasteiger partial charge in [0, 0.05) is 17.9 Å². The third kappa shape index (κ3) is 4.20. The first-order chi connectivity index (χ1) is 13.7. The minimum absolute atomic E-state index is 0.283. The van der Waals surface area contributed by atoms with Crippen molar-refractivity contribution >= 4 is 23.2 Å². The van der Waals surface area contributed by atoms with Crippen molar-refractivity contribution in [3.05, 3.63) is 59.4 Å². The van der Waals surface area contributed by atoms with Crippen LogP contribution in [0, 0.1) is 0 Å². The molecule has 1 aliphatic heterocycles. The fourth-order valence-electron chi connectivity index (χ4n) is 3.49. The van der Waals surface area contributed by atoms with Crippen molar-refractivity contribution in [1.82, 2.24) is 19.9 Å². The predicted octanol–water partition coefficient (Wildman–Crippen LogP) is 3.67. The van der Waals surface area contributed by atoms with E-state index >= 15 is 0 Å². The normalized spacial score (nSPS) is 15.0. The Morgan fingerprint density at radius 1 is 1.25 bits per heavy atom. The zero-order chi connectivity index (χ0) is 19.3. The number of nitrogens with zero attached hydrogens (tertiary/aromatic N) is 3. The first-order valence-electron chi connectivity index (χ1n) is 9.69. The number of esters is 1. The van der Waals surface area contributed by atoms with Gasteiger partial charge in [-0.15, -0.1) is 5.10 Å². The average molecular weight is 397 g/mol. The third-order valence-corrected chi connectivity index (χ3v) is 5.87. The van der Waals surface area contributed by atoms with Crippen LogP contribution in [-0.4, -0.2) is 40.3 Å². The molecule has 1 N–H and O–H groups in total. The Morgan fingerprint density at radius 3 is 2.79 bits per heavy atom. The van der Waals surface area contributed by atoms with Crippen LogP contribution in [0.3, 0.4) is 0 Å². The van der Waals surface area contributed by atoms with Gasteiger partial charge in [-0.2, -0.15) is 0 Å². The summed E-state index contributed by atoms with van der Waals surface area (Å²) >= 11 is 1.62. The summed E-state index contributed by atoms with van der Waals surface area (Å²) in [4.78, 5) is 16.7. The molecule has 0 bridgehead atoms. The molecule has 1 aromatic carbocycles. The Balaban J connectivity index is 1.49. The van der Waals surface area contributed by atoms with Gasteiger partial charge in [0.05, 0.1) is 23.4 Å². The molecule has 146 valence electrons. The molecule has 1 aliphatic rings. The Kier molecular flexibility index (Phi) is 5.92. The van der Waals surface area contributed by atoms with Crippen LogP contribution in [0.4, 0.5) is 0 Å². The number of hydrogen-bond acceptors (Lipinski definition) is 6. The second-order valence-electron chi connectivity index (χ2n) is 6.85. The average Bonchev–Trinajstić information content (AvgIpc) is 3.21. The molecular weight excluding hydrogens is 372 g/mol. The molecule has 0 spiro atoms. The summed E-state index contributed by atoms with van der Waals surface area (Å²) < 4.78 is 6.97. The highest BCUT2D eigenvalue weighted by atomic mass is 32.2. The summed E-state index contributed by atoms with van der Waals surface area (Å²) in [6, 6.07) is 11.7. The van der Waals surface area contributed by atoms with Gasteiger partial charge in [0.2, 0.25) is 5.16 Å². The largest absolute Gasteiger partial charge is 0.462 e. The molecular formula is C21H24N4O2S. The fourth-order valence-corrected chi connectivity index (χ4v) is 4.29. The standard InChI is InChI=1S/C21H24N4O2S/c1-2-27-20(26)17-7-5-15(6-8-17)14-28-21-23-19(16-9-11-22-12-10-16)18-4-3-13-25(18)24-21/h3-8,13,16,22H,2,9-12,14H2,1H3. The van der Waals surface area contributed by atoms with E-state index in [4.69, 9.17) is 9.72 Å². The van der Waals surface area contributed by atoms with Gasteiger partial charge >= 0.3 is 5.97 Å². The molecule has 4 rings (SSSR count). The zero-order valence-electron chi connectivity index (χ0n) is 15.9. The number of benzene rings is 1. The van der Waals surface area contributed by atoms with E-state index in [1.807, 2.05) is 48.0 Å². The monoisotopic (exact) mass is 396 g/mol. The van der Waals surface area contributed by atoms with E-state index in [1.54, 1.807) is 11.8 Å². The second-order valence-corrected chi connectivity index (χ2v) is 7.79. The SMILES string of the molecule is CCOC(=O)c1ccc(CSc2nc(C3CCNCC3)c3cccn3n2)cc1. The minimum atomic E-state index is -0.283. The fraction of sp³-hybridized carbons (Fsp3) is 0.381. The van der Waals surface area contributed by atoms with E-state index in [-0.39, 0.29) is 5.97 Å². The van der Waals surface area contributed by atoms with E-state index in [1.165, 1.54) is 0 Å². The number of ether oxygens (including phenoxy) is 1. The highest BCUT2D eigenvalue weighted by molar-refractivity contribution is 7.98. The molecule has 0 aliphatic carbocycles. The first-order valence-corrected chi connectivity index (χ1v) is 10.7. The highest BCUT2D eigenvalue weighted by Gasteiger charge is 2.20. The van der Waals surface area contributed by atoms with Gasteiger partial charge in [0.25, 0.3) is 0 Å². The highest BCUT2D eigenvalue weighted by Crippen LogP contribution is 2.29. The maximum atomic E-state index is 11.8. The number of piperidine rings is 1. The third-order valence-electron chi connectivity index (χ3n) is 4.96. The molecule has 3 aromatic rings. The van der Waals surface area contributed by atoms with Gasteiger partial charge in [-0.3, -0.25) is 0 Å². The lowest BCUT2D eigenvalue weighted by molar-refractivity contribution is 0.0526. The first kappa shape index (κ1) is 19.0. The molecule has 0 amide bonds. The topological polar surface area (TPSA) is 68.5 Å². The molecule has 2 aromatic heterocycles. The quantitative estimate of drug-likeness (QED) is 0.507. The number of carbonyl (C=O) groups excluding carboxylic acids is 1. The van der Waals surface area contributed by atoms with Crippen molar-refractivity contribution in [2.75, 3.05) is 19.7 Å². The van der Waals surface area contributed by atoms with E-state index in [0.29, 0.717) is 18.1 Å². The van der Waals surface area contributed by atoms with E-state index in [0.717, 1.165) is 53.6 Å². The molecule has 0 unspecified atom stereocenters. The Labute approximate surface area is 168 Å². The van der Waals surface area contributed by atoms with Crippen LogP contribution in [-0.2, 0) is 10.5 Å². The Hall–Kier alpha value is -2.38. The lowest BCUT2D eigenvalue weighted by atomic mass is 9.94. The van der Waals surface area contributed by atoms with Gasteiger partial charge in [0.15, 0.2) is 0 Å². The van der Waals surface area contributed by atoms with Crippen LogP contribution >= 0.6 is 11.8 Å². The number of carbonyl (C=O) groups is 1. The zero-order valence-corrected chi connectivity index (χ0v) is 16.7. The Morgan fingerprint density at radius 2 is 2.04 bits per heavy atom. The summed E-state index contributed by atoms with van der Waals surface area (Å²) in [6.07, 6.45) is 4.20. The predicted molar refractivity (Wildman–Crippen MR) is 110 cm³/mol. The van der Waals surface area contributed by atoms with Gasteiger partial charge in [-0.05, 0) is 62.7 Å². The smallest absolute Gasteiger partial charge is 0.338 e. The van der Waals surface area contributed by atoms with Gasteiger partial charge in [-0.25, -0.2) is 14.3 Å². The summed E-state index contributed by atoms with van der Waals surface area (Å²) in [6.45, 7) is 4.27. The maximum absolute atomic E-state index is 11.8. The number of fused-ring (bicyclic) bond motifs is 1. The lowest BCUT2D eigenvalue weighted by Gasteiger charge is -2.23. The van der Waals surface area contributed by atoms with Crippen molar-refractivity contribution in [2.45, 2.75) is 36.6 Å². The summed E-state index contributed by atoms with van der Waals surface area (Å²) in [5.74, 6) is 0.946. The summed E-state index contributed by atoms with van der Waals surface area (Å²) in [5, 5.41) is 8.86. The number of aromatic nitrogens is 3. The van der Waals surface area contributed by atoms with Gasteiger partial charge < -0.3 is 10.1 Å². The molecule has 0 atom stereocenters. The number of hydrogen-bond donors (Lipinski definition) is 1. The van der Waals surface area contributed by atoms with Crippen LogP contribution in [0.1, 0.15) is 47.3 Å². The maximum Gasteiger partial charge on any atom is 0.338 e. The van der Waals surface area contributed by atoms with Gasteiger partial charge in [-0.1, -0.05) is 23.9 Å². The van der Waals surface area contributed by atoms with E-state index in [9.17, 15) is 4.79 Å². The van der Waals surface area contributed by atoms with Crippen LogP contribution in [0.5, 0.6) is 0 Å². The Bertz CT molecular complexity index is 949. The van der Waals surface area contributed by atoms with Crippen molar-refractivity contribution in [1.29, 1.82) is 0 Å². The summed E-state index contributed by atoms with van der Waals surface area (Å²) in [7, 11) is 0. The number of rotatable bonds is 6. The van der Waals surface area contributed by atoms with Crippen molar-refractivity contribution in [2.24, 2.45) is 0 Å². The van der Waals surface area contributed by atoms with Gasteiger partial charge in [0.1, 0.15) is 0 Å². The second kappa shape index (κ2) is 8.75. The van der Waals surface area contributed by atoms with Crippen LogP contribution in [0.25, 0.3) is 5.52 Å². The number of thioether (sulfide) groups is 1. The summed E-state index contributed by atoms with van der Waals surface area (Å²) in [5.41, 5.74) is 3.96. The molecule has 0 radical (unpaired) electrons. The van der Waals surface area contributed by atoms with Crippen LogP contribution < -0.4 is 5.32 Å². The molecule has 3 heterocycles. The lowest BCUT2D eigenvalue weighted by Crippen LogP contribution is -2.27. The molecule has 6 nitrogen and oxygen atoms in total. The van der Waals surface area contributed by atoms with Crippen molar-refractivity contribution < 1.29 is 9.53 Å². The molecule has 7 heteroatoms. The van der Waals surface area contributed by atoms with Crippen LogP contribution in [0.15, 0.2) is 47.8 Å². The molecule has 28 heavy (non-hydrogen) atoms. The van der Waals surface area contributed by atoms with Crippen molar-refractivity contribution in [3.8, 4) is 0 Å². The molecule has 0 saturated carbocycles. The minimum Gasteiger partial charge on any atom is -0.462 e. The van der Waals surface area contributed by atoms with Crippen molar-refractivity contribution in [3.63, 3.8) is 0 Å². The molecule has 1 fully saturated rings. The molecule has 1 saturated heterocycles. The number of nitrogens with one attached hydrogen (secondary N) is 1.